The van der Waals surface area contributed by atoms with E-state index in [1.54, 1.807) is 14.2 Å². The average Bonchev–Trinajstić information content (AvgIpc) is 2.19. The number of ether oxygens (including phenoxy) is 2. The predicted molar refractivity (Wildman–Crippen MR) is 70.8 cm³/mol. The summed E-state index contributed by atoms with van der Waals surface area (Å²) in [4.78, 5) is 2.12. The van der Waals surface area contributed by atoms with E-state index in [4.69, 9.17) is 21.7 Å². The number of hydrogen-bond donors (Lipinski definition) is 1. The molecule has 0 saturated heterocycles. The van der Waals surface area contributed by atoms with Crippen molar-refractivity contribution in [3.8, 4) is 0 Å². The summed E-state index contributed by atoms with van der Waals surface area (Å²) in [5.41, 5.74) is 0. The minimum atomic E-state index is 0.223. The normalized spacial score (nSPS) is 14.3. The Morgan fingerprint density at radius 3 is 2.25 bits per heavy atom. The van der Waals surface area contributed by atoms with E-state index in [0.717, 1.165) is 11.7 Å². The third kappa shape index (κ3) is 5.63. The molecule has 0 bridgehead atoms. The Labute approximate surface area is 104 Å². The van der Waals surface area contributed by atoms with Crippen molar-refractivity contribution in [2.45, 2.75) is 32.9 Å². The molecular formula is C11H24N2O2S. The van der Waals surface area contributed by atoms with Crippen molar-refractivity contribution in [1.82, 2.24) is 10.2 Å². The van der Waals surface area contributed by atoms with Crippen LogP contribution in [-0.4, -0.2) is 56.1 Å². The van der Waals surface area contributed by atoms with Crippen molar-refractivity contribution in [3.05, 3.63) is 0 Å². The molecule has 0 heterocycles. The monoisotopic (exact) mass is 248 g/mol. The van der Waals surface area contributed by atoms with E-state index < -0.39 is 0 Å². The maximum atomic E-state index is 5.36. The lowest BCUT2D eigenvalue weighted by Crippen LogP contribution is -2.49. The summed E-state index contributed by atoms with van der Waals surface area (Å²) in [6, 6.07) is 0.506. The summed E-state index contributed by atoms with van der Waals surface area (Å²) in [6.07, 6.45) is 0. The fourth-order valence-electron chi connectivity index (χ4n) is 1.57. The summed E-state index contributed by atoms with van der Waals surface area (Å²) in [5, 5.41) is 4.01. The smallest absolute Gasteiger partial charge is 0.169 e. The van der Waals surface area contributed by atoms with Crippen LogP contribution >= 0.6 is 12.2 Å². The number of likely N-dealkylation sites (N-methyl/N-ethyl adjacent to an activating group) is 1. The van der Waals surface area contributed by atoms with Gasteiger partial charge in [0.1, 0.15) is 0 Å². The van der Waals surface area contributed by atoms with Crippen LogP contribution in [0.1, 0.15) is 20.8 Å². The van der Waals surface area contributed by atoms with Gasteiger partial charge in [0.05, 0.1) is 19.3 Å². The summed E-state index contributed by atoms with van der Waals surface area (Å²) in [6.45, 7) is 8.43. The number of methoxy groups -OCH3 is 2. The molecule has 0 aliphatic rings. The maximum absolute atomic E-state index is 5.36. The third-order valence-corrected chi connectivity index (χ3v) is 2.68. The summed E-state index contributed by atoms with van der Waals surface area (Å²) in [5.74, 6) is 0. The molecule has 0 aromatic heterocycles. The molecule has 2 atom stereocenters. The van der Waals surface area contributed by atoms with Crippen LogP contribution in [0.5, 0.6) is 0 Å². The van der Waals surface area contributed by atoms with Gasteiger partial charge in [-0.05, 0) is 33.0 Å². The summed E-state index contributed by atoms with van der Waals surface area (Å²) in [7, 11) is 3.39. The van der Waals surface area contributed by atoms with E-state index in [2.05, 4.69) is 24.1 Å². The molecule has 0 fully saturated rings. The molecule has 0 aromatic rings. The van der Waals surface area contributed by atoms with Gasteiger partial charge < -0.3 is 19.7 Å². The van der Waals surface area contributed by atoms with Gasteiger partial charge in [-0.1, -0.05) is 0 Å². The Hall–Kier alpha value is -0.390. The van der Waals surface area contributed by atoms with Crippen molar-refractivity contribution in [2.24, 2.45) is 0 Å². The molecule has 0 aromatic carbocycles. The van der Waals surface area contributed by atoms with Crippen molar-refractivity contribution in [3.63, 3.8) is 0 Å². The van der Waals surface area contributed by atoms with Crippen LogP contribution < -0.4 is 5.32 Å². The first-order valence-electron chi connectivity index (χ1n) is 5.61. The number of thiocarbonyl (C=S) groups is 1. The van der Waals surface area contributed by atoms with E-state index in [1.807, 2.05) is 6.92 Å². The first-order valence-corrected chi connectivity index (χ1v) is 6.02. The molecule has 0 radical (unpaired) electrons. The molecular weight excluding hydrogens is 224 g/mol. The van der Waals surface area contributed by atoms with Gasteiger partial charge in [0.2, 0.25) is 0 Å². The first-order chi connectivity index (χ1) is 7.56. The zero-order valence-electron chi connectivity index (χ0n) is 10.9. The van der Waals surface area contributed by atoms with Crippen molar-refractivity contribution in [2.75, 3.05) is 34.0 Å². The largest absolute Gasteiger partial charge is 0.383 e. The molecule has 0 aliphatic heterocycles. The molecule has 0 aliphatic carbocycles. The van der Waals surface area contributed by atoms with E-state index in [0.29, 0.717) is 13.2 Å². The minimum Gasteiger partial charge on any atom is -0.383 e. The molecule has 4 nitrogen and oxygen atoms in total. The summed E-state index contributed by atoms with van der Waals surface area (Å²) < 4.78 is 10.2. The standard InChI is InChI=1S/C11H24N2O2S/c1-6-13(10(3)8-15-5)11(16)12-9(2)7-14-4/h9-10H,6-8H2,1-5H3,(H,12,16). The van der Waals surface area contributed by atoms with Crippen LogP contribution in [0, 0.1) is 0 Å². The Morgan fingerprint density at radius 2 is 1.81 bits per heavy atom. The van der Waals surface area contributed by atoms with Gasteiger partial charge >= 0.3 is 0 Å². The third-order valence-electron chi connectivity index (χ3n) is 2.33. The second kappa shape index (κ2) is 8.73. The highest BCUT2D eigenvalue weighted by Crippen LogP contribution is 2.01. The molecule has 1 N–H and O–H groups in total. The van der Waals surface area contributed by atoms with E-state index in [9.17, 15) is 0 Å². The Kier molecular flexibility index (Phi) is 8.51. The number of nitrogens with one attached hydrogen (secondary N) is 1. The fraction of sp³-hybridized carbons (Fsp3) is 0.909. The second-order valence-electron chi connectivity index (χ2n) is 3.90. The highest BCUT2D eigenvalue weighted by Gasteiger charge is 2.16. The van der Waals surface area contributed by atoms with Crippen LogP contribution in [0.25, 0.3) is 0 Å². The van der Waals surface area contributed by atoms with Crippen LogP contribution in [0.3, 0.4) is 0 Å². The van der Waals surface area contributed by atoms with E-state index in [1.165, 1.54) is 0 Å². The number of nitrogens with zero attached hydrogens (tertiary/aromatic N) is 1. The predicted octanol–water partition coefficient (Wildman–Crippen LogP) is 1.25. The number of hydrogen-bond acceptors (Lipinski definition) is 3. The van der Waals surface area contributed by atoms with Gasteiger partial charge in [0, 0.05) is 26.8 Å². The van der Waals surface area contributed by atoms with Gasteiger partial charge in [-0.2, -0.15) is 0 Å². The SMILES string of the molecule is CCN(C(=S)NC(C)COC)C(C)COC. The Bertz CT molecular complexity index is 202. The van der Waals surface area contributed by atoms with Crippen LogP contribution in [-0.2, 0) is 9.47 Å². The second-order valence-corrected chi connectivity index (χ2v) is 4.28. The lowest BCUT2D eigenvalue weighted by atomic mass is 10.3. The topological polar surface area (TPSA) is 33.7 Å². The zero-order chi connectivity index (χ0) is 12.6. The van der Waals surface area contributed by atoms with Crippen molar-refractivity contribution >= 4 is 17.3 Å². The molecule has 2 unspecified atom stereocenters. The summed E-state index contributed by atoms with van der Waals surface area (Å²) >= 11 is 5.36. The first kappa shape index (κ1) is 15.6. The zero-order valence-corrected chi connectivity index (χ0v) is 11.8. The van der Waals surface area contributed by atoms with E-state index in [-0.39, 0.29) is 12.1 Å². The average molecular weight is 248 g/mol. The quantitative estimate of drug-likeness (QED) is 0.686. The van der Waals surface area contributed by atoms with Gasteiger partial charge in [-0.3, -0.25) is 0 Å². The lowest BCUT2D eigenvalue weighted by molar-refractivity contribution is 0.135. The van der Waals surface area contributed by atoms with Crippen molar-refractivity contribution in [1.29, 1.82) is 0 Å². The Balaban J connectivity index is 4.19. The molecule has 16 heavy (non-hydrogen) atoms. The minimum absolute atomic E-state index is 0.223. The van der Waals surface area contributed by atoms with Crippen molar-refractivity contribution < 1.29 is 9.47 Å². The fourth-order valence-corrected chi connectivity index (χ4v) is 2.08. The molecule has 0 saturated carbocycles. The van der Waals surface area contributed by atoms with E-state index >= 15 is 0 Å². The molecule has 0 rings (SSSR count). The van der Waals surface area contributed by atoms with Crippen LogP contribution in [0.4, 0.5) is 0 Å². The lowest BCUT2D eigenvalue weighted by Gasteiger charge is -2.31. The van der Waals surface area contributed by atoms with Gasteiger partial charge in [0.15, 0.2) is 5.11 Å². The van der Waals surface area contributed by atoms with Gasteiger partial charge in [-0.15, -0.1) is 0 Å². The Morgan fingerprint density at radius 1 is 1.25 bits per heavy atom. The molecule has 0 spiro atoms. The van der Waals surface area contributed by atoms with Gasteiger partial charge in [0.25, 0.3) is 0 Å². The van der Waals surface area contributed by atoms with Crippen LogP contribution in [0.2, 0.25) is 0 Å². The van der Waals surface area contributed by atoms with Gasteiger partial charge in [-0.25, -0.2) is 0 Å². The molecule has 0 amide bonds. The van der Waals surface area contributed by atoms with Crippen LogP contribution in [0.15, 0.2) is 0 Å². The molecule has 5 heteroatoms. The maximum Gasteiger partial charge on any atom is 0.169 e. The number of rotatable bonds is 7. The molecule has 96 valence electrons. The highest BCUT2D eigenvalue weighted by atomic mass is 32.1. The highest BCUT2D eigenvalue weighted by molar-refractivity contribution is 7.80.